The second kappa shape index (κ2) is 4.85. The van der Waals surface area contributed by atoms with E-state index in [0.29, 0.717) is 6.54 Å². The first-order valence-corrected chi connectivity index (χ1v) is 6.39. The van der Waals surface area contributed by atoms with E-state index >= 15 is 0 Å². The molecule has 0 saturated carbocycles. The van der Waals surface area contributed by atoms with Gasteiger partial charge in [0.15, 0.2) is 5.82 Å². The average molecular weight is 255 g/mol. The number of benzene rings is 1. The van der Waals surface area contributed by atoms with E-state index in [4.69, 9.17) is 5.73 Å². The lowest BCUT2D eigenvalue weighted by Crippen LogP contribution is -2.37. The van der Waals surface area contributed by atoms with Gasteiger partial charge in [0, 0.05) is 39.1 Å². The van der Waals surface area contributed by atoms with Gasteiger partial charge < -0.3 is 15.5 Å². The molecule has 2 N–H and O–H groups in total. The Morgan fingerprint density at radius 1 is 1.11 bits per heavy atom. The predicted octanol–water partition coefficient (Wildman–Crippen LogP) is 1.52. The Labute approximate surface area is 112 Å². The maximum atomic E-state index is 5.76. The molecule has 1 aliphatic heterocycles. The van der Waals surface area contributed by atoms with Gasteiger partial charge in [0.1, 0.15) is 0 Å². The molecule has 0 unspecified atom stereocenters. The van der Waals surface area contributed by atoms with Gasteiger partial charge in [0.25, 0.3) is 0 Å². The highest BCUT2D eigenvalue weighted by molar-refractivity contribution is 5.78. The summed E-state index contributed by atoms with van der Waals surface area (Å²) < 4.78 is 0. The summed E-state index contributed by atoms with van der Waals surface area (Å²) in [6, 6.07) is 8.34. The van der Waals surface area contributed by atoms with Gasteiger partial charge in [-0.2, -0.15) is 0 Å². The quantitative estimate of drug-likeness (QED) is 0.881. The number of anilines is 3. The van der Waals surface area contributed by atoms with Gasteiger partial charge in [-0.3, -0.25) is 4.98 Å². The summed E-state index contributed by atoms with van der Waals surface area (Å²) in [7, 11) is 2.11. The van der Waals surface area contributed by atoms with Crippen molar-refractivity contribution in [2.24, 2.45) is 5.73 Å². The number of para-hydroxylation sites is 2. The molecule has 1 aliphatic rings. The molecular weight excluding hydrogens is 238 g/mol. The van der Waals surface area contributed by atoms with Crippen molar-refractivity contribution in [3.8, 4) is 0 Å². The highest BCUT2D eigenvalue weighted by atomic mass is 15.3. The Hall–Kier alpha value is -2.14. The number of fused-ring (bicyclic) bond motifs is 1. The molecule has 98 valence electrons. The minimum Gasteiger partial charge on any atom is -0.371 e. The molecule has 0 fully saturated rings. The van der Waals surface area contributed by atoms with Crippen molar-refractivity contribution >= 4 is 17.2 Å². The van der Waals surface area contributed by atoms with Gasteiger partial charge in [-0.05, 0) is 12.1 Å². The summed E-state index contributed by atoms with van der Waals surface area (Å²) in [5, 5.41) is 0. The van der Waals surface area contributed by atoms with Crippen LogP contribution in [0.4, 0.5) is 17.2 Å². The zero-order valence-electron chi connectivity index (χ0n) is 11.0. The van der Waals surface area contributed by atoms with Crippen LogP contribution in [0.5, 0.6) is 0 Å². The molecule has 0 atom stereocenters. The van der Waals surface area contributed by atoms with E-state index in [1.165, 1.54) is 5.69 Å². The summed E-state index contributed by atoms with van der Waals surface area (Å²) in [5.74, 6) is 0.866. The van der Waals surface area contributed by atoms with E-state index < -0.39 is 0 Å². The average Bonchev–Trinajstić information content (AvgIpc) is 2.48. The van der Waals surface area contributed by atoms with Gasteiger partial charge >= 0.3 is 0 Å². The van der Waals surface area contributed by atoms with Crippen molar-refractivity contribution < 1.29 is 0 Å². The molecule has 2 heterocycles. The smallest absolute Gasteiger partial charge is 0.156 e. The van der Waals surface area contributed by atoms with Crippen molar-refractivity contribution in [3.05, 3.63) is 42.4 Å². The summed E-state index contributed by atoms with van der Waals surface area (Å²) in [6.45, 7) is 2.24. The number of aromatic nitrogens is 2. The fraction of sp³-hybridized carbons (Fsp3) is 0.286. The Morgan fingerprint density at radius 2 is 1.84 bits per heavy atom. The predicted molar refractivity (Wildman–Crippen MR) is 76.6 cm³/mol. The maximum Gasteiger partial charge on any atom is 0.156 e. The topological polar surface area (TPSA) is 58.3 Å². The first-order chi connectivity index (χ1) is 9.31. The van der Waals surface area contributed by atoms with Gasteiger partial charge in [-0.15, -0.1) is 0 Å². The molecule has 1 aromatic heterocycles. The van der Waals surface area contributed by atoms with Crippen LogP contribution in [0.15, 0.2) is 36.7 Å². The summed E-state index contributed by atoms with van der Waals surface area (Å²) in [5.41, 5.74) is 8.97. The van der Waals surface area contributed by atoms with Crippen LogP contribution in [0.25, 0.3) is 0 Å². The zero-order valence-corrected chi connectivity index (χ0v) is 11.0. The van der Waals surface area contributed by atoms with E-state index in [0.717, 1.165) is 30.3 Å². The highest BCUT2D eigenvalue weighted by Gasteiger charge is 2.23. The Bertz CT molecular complexity index is 584. The molecular formula is C14H17N5. The summed E-state index contributed by atoms with van der Waals surface area (Å²) in [6.07, 6.45) is 3.41. The molecule has 0 amide bonds. The molecule has 3 rings (SSSR count). The summed E-state index contributed by atoms with van der Waals surface area (Å²) >= 11 is 0. The molecule has 2 aromatic rings. The minimum absolute atomic E-state index is 0.400. The second-order valence-electron chi connectivity index (χ2n) is 4.59. The number of nitrogens with zero attached hydrogens (tertiary/aromatic N) is 4. The van der Waals surface area contributed by atoms with Crippen molar-refractivity contribution in [2.75, 3.05) is 29.9 Å². The largest absolute Gasteiger partial charge is 0.371 e. The first-order valence-electron chi connectivity index (χ1n) is 6.39. The maximum absolute atomic E-state index is 5.76. The molecule has 0 bridgehead atoms. The van der Waals surface area contributed by atoms with Gasteiger partial charge in [-0.1, -0.05) is 12.1 Å². The highest BCUT2D eigenvalue weighted by Crippen LogP contribution is 2.36. The fourth-order valence-corrected chi connectivity index (χ4v) is 2.46. The Balaban J connectivity index is 2.10. The molecule has 19 heavy (non-hydrogen) atoms. The molecule has 0 aliphatic carbocycles. The lowest BCUT2D eigenvalue weighted by Gasteiger charge is -2.36. The number of likely N-dealkylation sites (N-methyl/N-ethyl adjacent to an activating group) is 1. The standard InChI is InChI=1S/C14H17N5/c1-18-8-9-19(13-5-3-2-4-12(13)18)14-11(10-15)16-6-7-17-14/h2-7H,8-10,15H2,1H3. The lowest BCUT2D eigenvalue weighted by molar-refractivity contribution is 0.799. The molecule has 1 aromatic carbocycles. The van der Waals surface area contributed by atoms with Crippen molar-refractivity contribution in [2.45, 2.75) is 6.54 Å². The van der Waals surface area contributed by atoms with E-state index in [2.05, 4.69) is 45.0 Å². The molecule has 0 radical (unpaired) electrons. The first kappa shape index (κ1) is 11.9. The number of hydrogen-bond acceptors (Lipinski definition) is 5. The molecule has 0 spiro atoms. The Morgan fingerprint density at radius 3 is 2.63 bits per heavy atom. The van der Waals surface area contributed by atoms with Crippen LogP contribution in [0, 0.1) is 0 Å². The minimum atomic E-state index is 0.400. The van der Waals surface area contributed by atoms with Crippen LogP contribution < -0.4 is 15.5 Å². The van der Waals surface area contributed by atoms with Crippen LogP contribution >= 0.6 is 0 Å². The number of hydrogen-bond donors (Lipinski definition) is 1. The van der Waals surface area contributed by atoms with Crippen LogP contribution in [0.3, 0.4) is 0 Å². The zero-order chi connectivity index (χ0) is 13.2. The SMILES string of the molecule is CN1CCN(c2nccnc2CN)c2ccccc21. The summed E-state index contributed by atoms with van der Waals surface area (Å²) in [4.78, 5) is 13.2. The van der Waals surface area contributed by atoms with E-state index in [1.807, 2.05) is 6.07 Å². The van der Waals surface area contributed by atoms with Crippen molar-refractivity contribution in [1.29, 1.82) is 0 Å². The monoisotopic (exact) mass is 255 g/mol. The van der Waals surface area contributed by atoms with Gasteiger partial charge in [-0.25, -0.2) is 4.98 Å². The third kappa shape index (κ3) is 2.02. The molecule has 5 nitrogen and oxygen atoms in total. The molecule has 0 saturated heterocycles. The van der Waals surface area contributed by atoms with Gasteiger partial charge in [0.2, 0.25) is 0 Å². The normalized spacial score (nSPS) is 14.4. The lowest BCUT2D eigenvalue weighted by atomic mass is 10.1. The number of nitrogens with two attached hydrogens (primary N) is 1. The van der Waals surface area contributed by atoms with Crippen LogP contribution in [0.1, 0.15) is 5.69 Å². The Kier molecular flexibility index (Phi) is 3.05. The second-order valence-corrected chi connectivity index (χ2v) is 4.59. The van der Waals surface area contributed by atoms with E-state index in [-0.39, 0.29) is 0 Å². The third-order valence-electron chi connectivity index (χ3n) is 3.44. The van der Waals surface area contributed by atoms with Crippen LogP contribution in [0.2, 0.25) is 0 Å². The third-order valence-corrected chi connectivity index (χ3v) is 3.44. The van der Waals surface area contributed by atoms with Crippen molar-refractivity contribution in [1.82, 2.24) is 9.97 Å². The molecule has 5 heteroatoms. The van der Waals surface area contributed by atoms with Crippen LogP contribution in [-0.4, -0.2) is 30.1 Å². The van der Waals surface area contributed by atoms with Gasteiger partial charge in [0.05, 0.1) is 17.1 Å². The number of rotatable bonds is 2. The van der Waals surface area contributed by atoms with E-state index in [9.17, 15) is 0 Å². The van der Waals surface area contributed by atoms with E-state index in [1.54, 1.807) is 12.4 Å². The fourth-order valence-electron chi connectivity index (χ4n) is 2.46. The van der Waals surface area contributed by atoms with Crippen LogP contribution in [-0.2, 0) is 6.54 Å². The van der Waals surface area contributed by atoms with Crippen molar-refractivity contribution in [3.63, 3.8) is 0 Å².